The molecule has 0 amide bonds. The minimum atomic E-state index is -0.817. The van der Waals surface area contributed by atoms with Gasteiger partial charge in [-0.25, -0.2) is 9.59 Å². The Bertz CT molecular complexity index is 1270. The van der Waals surface area contributed by atoms with E-state index in [2.05, 4.69) is 0 Å². The highest BCUT2D eigenvalue weighted by Gasteiger charge is 2.24. The van der Waals surface area contributed by atoms with Crippen molar-refractivity contribution in [2.75, 3.05) is 12.3 Å². The Labute approximate surface area is 181 Å². The van der Waals surface area contributed by atoms with Gasteiger partial charge in [-0.05, 0) is 36.5 Å². The topological polar surface area (TPSA) is 113 Å². The van der Waals surface area contributed by atoms with Crippen LogP contribution >= 0.6 is 11.3 Å². The molecule has 8 nitrogen and oxygen atoms in total. The average Bonchev–Trinajstić information content (AvgIpc) is 3.37. The molecule has 0 saturated heterocycles. The smallest absolute Gasteiger partial charge is 0.348 e. The van der Waals surface area contributed by atoms with Gasteiger partial charge in [-0.15, -0.1) is 11.3 Å². The zero-order chi connectivity index (χ0) is 22.1. The second-order valence-electron chi connectivity index (χ2n) is 7.39. The molecule has 0 unspecified atom stereocenters. The minimum Gasteiger partial charge on any atom is -0.453 e. The van der Waals surface area contributed by atoms with Crippen LogP contribution in [0.4, 0.5) is 5.82 Å². The molecule has 0 bridgehead atoms. The largest absolute Gasteiger partial charge is 0.453 e. The number of nitrogens with zero attached hydrogens (tertiary/aromatic N) is 2. The molecule has 0 aliphatic heterocycles. The van der Waals surface area contributed by atoms with Crippen molar-refractivity contribution in [2.24, 2.45) is 7.05 Å². The quantitative estimate of drug-likeness (QED) is 0.463. The number of aryl methyl sites for hydroxylation is 2. The van der Waals surface area contributed by atoms with E-state index in [4.69, 9.17) is 10.5 Å². The first-order valence-corrected chi connectivity index (χ1v) is 10.6. The Morgan fingerprint density at radius 2 is 1.90 bits per heavy atom. The number of hydrogen-bond donors (Lipinski definition) is 1. The van der Waals surface area contributed by atoms with Crippen molar-refractivity contribution in [3.63, 3.8) is 0 Å². The van der Waals surface area contributed by atoms with Gasteiger partial charge >= 0.3 is 11.7 Å². The standard InChI is InChI=1S/C22H21N3O5S/c1-24-20(27)18(19(23)25(22(24)29)11-13-6-3-2-4-7-13)15(26)12-30-21(28)17-10-14-8-5-9-16(14)31-17/h2-4,6-7,10H,5,8-9,11-12,23H2,1H3. The SMILES string of the molecule is Cn1c(=O)c(C(=O)COC(=O)c2cc3c(s2)CCC3)c(N)n(Cc2ccccc2)c1=O. The third-order valence-corrected chi connectivity index (χ3v) is 6.54. The number of aromatic nitrogens is 2. The van der Waals surface area contributed by atoms with Crippen LogP contribution in [0.25, 0.3) is 0 Å². The number of carbonyl (C=O) groups excluding carboxylic acids is 2. The summed E-state index contributed by atoms with van der Waals surface area (Å²) in [6, 6.07) is 10.9. The normalized spacial score (nSPS) is 12.5. The van der Waals surface area contributed by atoms with E-state index in [0.717, 1.165) is 39.5 Å². The molecule has 0 spiro atoms. The highest BCUT2D eigenvalue weighted by Crippen LogP contribution is 2.30. The number of ketones is 1. The lowest BCUT2D eigenvalue weighted by molar-refractivity contribution is 0.0479. The molecule has 1 aliphatic carbocycles. The fourth-order valence-corrected chi connectivity index (χ4v) is 4.82. The molecule has 2 heterocycles. The first kappa shape index (κ1) is 20.8. The molecule has 9 heteroatoms. The van der Waals surface area contributed by atoms with E-state index < -0.39 is 29.6 Å². The molecule has 0 atom stereocenters. The second kappa shape index (κ2) is 8.35. The van der Waals surface area contributed by atoms with Crippen molar-refractivity contribution in [1.82, 2.24) is 9.13 Å². The molecule has 0 saturated carbocycles. The van der Waals surface area contributed by atoms with E-state index in [0.29, 0.717) is 4.88 Å². The predicted octanol–water partition coefficient (Wildman–Crippen LogP) is 1.77. The summed E-state index contributed by atoms with van der Waals surface area (Å²) in [5, 5.41) is 0. The number of anilines is 1. The lowest BCUT2D eigenvalue weighted by atomic mass is 10.2. The molecule has 3 aromatic rings. The fourth-order valence-electron chi connectivity index (χ4n) is 3.67. The van der Waals surface area contributed by atoms with Gasteiger partial charge in [-0.3, -0.25) is 18.7 Å². The number of Topliss-reactive ketones (excluding diaryl/α,β-unsaturated/α-hetero) is 1. The summed E-state index contributed by atoms with van der Waals surface area (Å²) >= 11 is 1.37. The van der Waals surface area contributed by atoms with Crippen LogP contribution < -0.4 is 17.0 Å². The zero-order valence-electron chi connectivity index (χ0n) is 16.9. The number of carbonyl (C=O) groups is 2. The Morgan fingerprint density at radius 3 is 2.61 bits per heavy atom. The van der Waals surface area contributed by atoms with Gasteiger partial charge in [-0.2, -0.15) is 0 Å². The third-order valence-electron chi connectivity index (χ3n) is 5.33. The Hall–Kier alpha value is -3.46. The molecular formula is C22H21N3O5S. The van der Waals surface area contributed by atoms with Crippen molar-refractivity contribution >= 4 is 28.9 Å². The molecule has 0 radical (unpaired) electrons. The van der Waals surface area contributed by atoms with E-state index in [1.54, 1.807) is 18.2 Å². The number of hydrogen-bond acceptors (Lipinski definition) is 7. The highest BCUT2D eigenvalue weighted by molar-refractivity contribution is 7.14. The van der Waals surface area contributed by atoms with Crippen molar-refractivity contribution in [3.05, 3.63) is 83.7 Å². The fraction of sp³-hybridized carbons (Fsp3) is 0.273. The number of fused-ring (bicyclic) bond motifs is 1. The number of nitrogens with two attached hydrogens (primary N) is 1. The summed E-state index contributed by atoms with van der Waals surface area (Å²) in [6.07, 6.45) is 2.96. The minimum absolute atomic E-state index is 0.0977. The predicted molar refractivity (Wildman–Crippen MR) is 117 cm³/mol. The monoisotopic (exact) mass is 439 g/mol. The van der Waals surface area contributed by atoms with Gasteiger partial charge < -0.3 is 10.5 Å². The number of rotatable bonds is 6. The molecule has 1 aromatic carbocycles. The Kier molecular flexibility index (Phi) is 5.60. The van der Waals surface area contributed by atoms with Crippen LogP contribution in [0.5, 0.6) is 0 Å². The van der Waals surface area contributed by atoms with Gasteiger partial charge in [-0.1, -0.05) is 30.3 Å². The second-order valence-corrected chi connectivity index (χ2v) is 8.53. The molecule has 1 aliphatic rings. The maximum Gasteiger partial charge on any atom is 0.348 e. The first-order chi connectivity index (χ1) is 14.9. The summed E-state index contributed by atoms with van der Waals surface area (Å²) in [7, 11) is 1.28. The lowest BCUT2D eigenvalue weighted by Gasteiger charge is -2.14. The Balaban J connectivity index is 1.57. The van der Waals surface area contributed by atoms with E-state index in [9.17, 15) is 19.2 Å². The van der Waals surface area contributed by atoms with Crippen LogP contribution in [-0.4, -0.2) is 27.5 Å². The van der Waals surface area contributed by atoms with Gasteiger partial charge in [0.1, 0.15) is 16.3 Å². The van der Waals surface area contributed by atoms with Gasteiger partial charge in [0.25, 0.3) is 5.56 Å². The number of esters is 1. The molecule has 2 aromatic heterocycles. The number of nitrogen functional groups attached to an aromatic ring is 1. The molecule has 31 heavy (non-hydrogen) atoms. The lowest BCUT2D eigenvalue weighted by Crippen LogP contribution is -2.43. The van der Waals surface area contributed by atoms with Crippen LogP contribution in [0.1, 0.15) is 42.5 Å². The zero-order valence-corrected chi connectivity index (χ0v) is 17.7. The highest BCUT2D eigenvalue weighted by atomic mass is 32.1. The number of ether oxygens (including phenoxy) is 1. The van der Waals surface area contributed by atoms with Crippen LogP contribution in [0.2, 0.25) is 0 Å². The summed E-state index contributed by atoms with van der Waals surface area (Å²) in [5.41, 5.74) is 6.18. The van der Waals surface area contributed by atoms with Crippen molar-refractivity contribution < 1.29 is 14.3 Å². The van der Waals surface area contributed by atoms with Crippen LogP contribution in [0.3, 0.4) is 0 Å². The number of benzene rings is 1. The van der Waals surface area contributed by atoms with Gasteiger partial charge in [0.15, 0.2) is 6.61 Å². The third kappa shape index (κ3) is 3.96. The average molecular weight is 439 g/mol. The van der Waals surface area contributed by atoms with Gasteiger partial charge in [0.05, 0.1) is 6.54 Å². The van der Waals surface area contributed by atoms with Gasteiger partial charge in [0, 0.05) is 11.9 Å². The summed E-state index contributed by atoms with van der Waals surface area (Å²) in [6.45, 7) is -0.537. The molecule has 4 rings (SSSR count). The molecule has 0 fully saturated rings. The summed E-state index contributed by atoms with van der Waals surface area (Å²) in [4.78, 5) is 51.8. The maximum atomic E-state index is 12.7. The van der Waals surface area contributed by atoms with Gasteiger partial charge in [0.2, 0.25) is 5.78 Å². The van der Waals surface area contributed by atoms with Crippen molar-refractivity contribution in [1.29, 1.82) is 0 Å². The summed E-state index contributed by atoms with van der Waals surface area (Å²) < 4.78 is 7.14. The molecule has 160 valence electrons. The van der Waals surface area contributed by atoms with Crippen molar-refractivity contribution in [2.45, 2.75) is 25.8 Å². The molecular weight excluding hydrogens is 418 g/mol. The van der Waals surface area contributed by atoms with Crippen LogP contribution in [0.15, 0.2) is 46.0 Å². The maximum absolute atomic E-state index is 12.7. The van der Waals surface area contributed by atoms with E-state index in [-0.39, 0.29) is 17.9 Å². The first-order valence-electron chi connectivity index (χ1n) is 9.82. The Morgan fingerprint density at radius 1 is 1.16 bits per heavy atom. The van der Waals surface area contributed by atoms with E-state index >= 15 is 0 Å². The van der Waals surface area contributed by atoms with E-state index in [1.165, 1.54) is 23.3 Å². The number of thiophene rings is 1. The molecule has 2 N–H and O–H groups in total. The van der Waals surface area contributed by atoms with Crippen LogP contribution in [-0.2, 0) is 31.2 Å². The summed E-state index contributed by atoms with van der Waals surface area (Å²) in [5.74, 6) is -1.61. The van der Waals surface area contributed by atoms with Crippen LogP contribution in [0, 0.1) is 0 Å². The van der Waals surface area contributed by atoms with E-state index in [1.807, 2.05) is 18.2 Å². The van der Waals surface area contributed by atoms with Crippen molar-refractivity contribution in [3.8, 4) is 0 Å².